The summed E-state index contributed by atoms with van der Waals surface area (Å²) in [4.78, 5) is 19.6. The molecule has 6 nitrogen and oxygen atoms in total. The third-order valence-corrected chi connectivity index (χ3v) is 5.96. The van der Waals surface area contributed by atoms with Crippen molar-refractivity contribution in [3.63, 3.8) is 0 Å². The van der Waals surface area contributed by atoms with Gasteiger partial charge in [0.15, 0.2) is 0 Å². The number of likely N-dealkylation sites (tertiary alicyclic amines) is 1. The van der Waals surface area contributed by atoms with Gasteiger partial charge in [0, 0.05) is 37.8 Å². The zero-order chi connectivity index (χ0) is 18.5. The first-order valence-corrected chi connectivity index (χ1v) is 10.3. The van der Waals surface area contributed by atoms with Crippen molar-refractivity contribution >= 4 is 5.91 Å². The quantitative estimate of drug-likeness (QED) is 0.851. The molecule has 144 valence electrons. The summed E-state index contributed by atoms with van der Waals surface area (Å²) >= 11 is 0. The number of H-pyrrole nitrogens is 1. The number of carbonyl (C=O) groups excluding carboxylic acids is 1. The number of piperidine rings is 1. The maximum absolute atomic E-state index is 12.8. The van der Waals surface area contributed by atoms with E-state index in [2.05, 4.69) is 31.5 Å². The molecule has 0 unspecified atom stereocenters. The standard InChI is InChI=1S/C21H29N5O/c27-21(19-14-23-25-20(19)16-6-2-1-3-7-16)24-17-9-12-26(13-10-17)15-18-8-4-5-11-22-18/h4-5,8,11,14,16-17H,1-3,6-7,9-10,12-13,15H2,(H,23,25)(H,24,27). The normalized spacial score (nSPS) is 19.9. The number of pyridine rings is 1. The molecular formula is C21H29N5O. The second-order valence-electron chi connectivity index (χ2n) is 7.88. The van der Waals surface area contributed by atoms with Crippen LogP contribution in [0.4, 0.5) is 0 Å². The monoisotopic (exact) mass is 367 g/mol. The van der Waals surface area contributed by atoms with Gasteiger partial charge in [-0.05, 0) is 37.8 Å². The van der Waals surface area contributed by atoms with Gasteiger partial charge in [-0.3, -0.25) is 19.8 Å². The van der Waals surface area contributed by atoms with E-state index >= 15 is 0 Å². The molecular weight excluding hydrogens is 338 g/mol. The van der Waals surface area contributed by atoms with Gasteiger partial charge >= 0.3 is 0 Å². The second-order valence-corrected chi connectivity index (χ2v) is 7.88. The number of hydrogen-bond donors (Lipinski definition) is 2. The van der Waals surface area contributed by atoms with E-state index in [1.165, 1.54) is 19.3 Å². The second kappa shape index (κ2) is 8.65. The summed E-state index contributed by atoms with van der Waals surface area (Å²) in [5.41, 5.74) is 2.90. The molecule has 2 aliphatic rings. The van der Waals surface area contributed by atoms with Gasteiger partial charge in [0.1, 0.15) is 0 Å². The van der Waals surface area contributed by atoms with Gasteiger partial charge in [-0.25, -0.2) is 0 Å². The first kappa shape index (κ1) is 18.2. The van der Waals surface area contributed by atoms with E-state index in [0.717, 1.165) is 62.3 Å². The van der Waals surface area contributed by atoms with Crippen molar-refractivity contribution in [2.45, 2.75) is 63.5 Å². The molecule has 1 amide bonds. The molecule has 27 heavy (non-hydrogen) atoms. The highest BCUT2D eigenvalue weighted by Gasteiger charge is 2.26. The molecule has 1 saturated carbocycles. The SMILES string of the molecule is O=C(NC1CCN(Cc2ccccn2)CC1)c1cn[nH]c1C1CCCCC1. The summed E-state index contributed by atoms with van der Waals surface area (Å²) in [6.07, 6.45) is 11.6. The lowest BCUT2D eigenvalue weighted by Gasteiger charge is -2.32. The van der Waals surface area contributed by atoms with Crippen LogP contribution in [-0.2, 0) is 6.54 Å². The minimum absolute atomic E-state index is 0.0347. The van der Waals surface area contributed by atoms with Crippen LogP contribution in [0.1, 0.15) is 72.6 Å². The Morgan fingerprint density at radius 1 is 1.15 bits per heavy atom. The Kier molecular flexibility index (Phi) is 5.82. The fourth-order valence-electron chi connectivity index (χ4n) is 4.40. The van der Waals surface area contributed by atoms with Gasteiger partial charge in [-0.15, -0.1) is 0 Å². The molecule has 0 atom stereocenters. The number of aromatic nitrogens is 3. The van der Waals surface area contributed by atoms with E-state index in [1.54, 1.807) is 6.20 Å². The first-order valence-electron chi connectivity index (χ1n) is 10.3. The summed E-state index contributed by atoms with van der Waals surface area (Å²) in [7, 11) is 0. The Bertz CT molecular complexity index is 730. The third-order valence-electron chi connectivity index (χ3n) is 5.96. The summed E-state index contributed by atoms with van der Waals surface area (Å²) in [5, 5.41) is 10.5. The van der Waals surface area contributed by atoms with Crippen molar-refractivity contribution in [2.75, 3.05) is 13.1 Å². The highest BCUT2D eigenvalue weighted by atomic mass is 16.1. The molecule has 0 radical (unpaired) electrons. The molecule has 2 aromatic rings. The number of hydrogen-bond acceptors (Lipinski definition) is 4. The van der Waals surface area contributed by atoms with Crippen molar-refractivity contribution in [3.8, 4) is 0 Å². The number of nitrogens with one attached hydrogen (secondary N) is 2. The number of rotatable bonds is 5. The van der Waals surface area contributed by atoms with Crippen molar-refractivity contribution in [1.29, 1.82) is 0 Å². The lowest BCUT2D eigenvalue weighted by atomic mass is 9.85. The lowest BCUT2D eigenvalue weighted by molar-refractivity contribution is 0.0907. The highest BCUT2D eigenvalue weighted by Crippen LogP contribution is 2.33. The number of nitrogens with zero attached hydrogens (tertiary/aromatic N) is 3. The van der Waals surface area contributed by atoms with Crippen LogP contribution >= 0.6 is 0 Å². The largest absolute Gasteiger partial charge is 0.349 e. The first-order chi connectivity index (χ1) is 13.3. The van der Waals surface area contributed by atoms with Crippen LogP contribution in [-0.4, -0.2) is 45.1 Å². The van der Waals surface area contributed by atoms with E-state index in [0.29, 0.717) is 5.92 Å². The molecule has 0 aromatic carbocycles. The summed E-state index contributed by atoms with van der Waals surface area (Å²) in [6, 6.07) is 6.29. The molecule has 0 bridgehead atoms. The Hall–Kier alpha value is -2.21. The van der Waals surface area contributed by atoms with Crippen molar-refractivity contribution in [3.05, 3.63) is 47.5 Å². The molecule has 6 heteroatoms. The van der Waals surface area contributed by atoms with E-state index in [9.17, 15) is 4.79 Å². The van der Waals surface area contributed by atoms with Crippen LogP contribution in [0.3, 0.4) is 0 Å². The zero-order valence-corrected chi connectivity index (χ0v) is 15.9. The summed E-state index contributed by atoms with van der Waals surface area (Å²) in [5.74, 6) is 0.495. The molecule has 2 aromatic heterocycles. The average molecular weight is 367 g/mol. The van der Waals surface area contributed by atoms with E-state index in [4.69, 9.17) is 0 Å². The van der Waals surface area contributed by atoms with Crippen molar-refractivity contribution < 1.29 is 4.79 Å². The fraction of sp³-hybridized carbons (Fsp3) is 0.571. The Labute approximate surface area is 160 Å². The average Bonchev–Trinajstić information content (AvgIpc) is 3.21. The van der Waals surface area contributed by atoms with Gasteiger partial charge in [0.25, 0.3) is 5.91 Å². The Morgan fingerprint density at radius 2 is 1.96 bits per heavy atom. The minimum atomic E-state index is 0.0347. The van der Waals surface area contributed by atoms with Crippen LogP contribution in [0.15, 0.2) is 30.6 Å². The van der Waals surface area contributed by atoms with Crippen molar-refractivity contribution in [2.24, 2.45) is 0 Å². The third kappa shape index (κ3) is 4.56. The number of carbonyl (C=O) groups is 1. The van der Waals surface area contributed by atoms with Gasteiger partial charge < -0.3 is 5.32 Å². The van der Waals surface area contributed by atoms with Crippen LogP contribution in [0.25, 0.3) is 0 Å². The smallest absolute Gasteiger partial charge is 0.254 e. The van der Waals surface area contributed by atoms with E-state index in [-0.39, 0.29) is 11.9 Å². The molecule has 4 rings (SSSR count). The topological polar surface area (TPSA) is 73.9 Å². The highest BCUT2D eigenvalue weighted by molar-refractivity contribution is 5.95. The summed E-state index contributed by atoms with van der Waals surface area (Å²) < 4.78 is 0. The Morgan fingerprint density at radius 3 is 2.70 bits per heavy atom. The molecule has 1 saturated heterocycles. The van der Waals surface area contributed by atoms with Gasteiger partial charge in [0.05, 0.1) is 23.1 Å². The number of amides is 1. The van der Waals surface area contributed by atoms with E-state index in [1.807, 2.05) is 18.3 Å². The van der Waals surface area contributed by atoms with Crippen molar-refractivity contribution in [1.82, 2.24) is 25.4 Å². The molecule has 2 N–H and O–H groups in total. The molecule has 1 aliphatic heterocycles. The predicted molar refractivity (Wildman–Crippen MR) is 104 cm³/mol. The van der Waals surface area contributed by atoms with E-state index < -0.39 is 0 Å². The van der Waals surface area contributed by atoms with Gasteiger partial charge in [-0.2, -0.15) is 5.10 Å². The molecule has 2 fully saturated rings. The number of aromatic amines is 1. The minimum Gasteiger partial charge on any atom is -0.349 e. The van der Waals surface area contributed by atoms with Crippen LogP contribution in [0.5, 0.6) is 0 Å². The molecule has 1 aliphatic carbocycles. The maximum Gasteiger partial charge on any atom is 0.254 e. The van der Waals surface area contributed by atoms with Gasteiger partial charge in [0.2, 0.25) is 0 Å². The zero-order valence-electron chi connectivity index (χ0n) is 15.9. The predicted octanol–water partition coefficient (Wildman–Crippen LogP) is 3.25. The van der Waals surface area contributed by atoms with Gasteiger partial charge in [-0.1, -0.05) is 25.3 Å². The maximum atomic E-state index is 12.8. The fourth-order valence-corrected chi connectivity index (χ4v) is 4.40. The summed E-state index contributed by atoms with van der Waals surface area (Å²) in [6.45, 7) is 2.86. The van der Waals surface area contributed by atoms with Crippen LogP contribution < -0.4 is 5.32 Å². The lowest BCUT2D eigenvalue weighted by Crippen LogP contribution is -2.44. The molecule has 0 spiro atoms. The van der Waals surface area contributed by atoms with Crippen LogP contribution in [0.2, 0.25) is 0 Å². The Balaban J connectivity index is 1.29. The van der Waals surface area contributed by atoms with Crippen LogP contribution in [0, 0.1) is 0 Å². The molecule has 3 heterocycles.